The number of aromatic nitrogens is 1. The average Bonchev–Trinajstić information content (AvgIpc) is 2.26. The number of hydrogen-bond donors (Lipinski definition) is 1. The standard InChI is InChI=1S/C7H10N2.2C2H6/c1-8-6-7-4-2-3-5-9-7;2*1-2/h2-5,8H,6H2,1H3;2*1-2H3. The Bertz CT molecular complexity index is 161. The second kappa shape index (κ2) is 13.7. The summed E-state index contributed by atoms with van der Waals surface area (Å²) in [6.07, 6.45) is 1.80. The van der Waals surface area contributed by atoms with Crippen LogP contribution < -0.4 is 5.32 Å². The van der Waals surface area contributed by atoms with Gasteiger partial charge in [0.15, 0.2) is 0 Å². The fraction of sp³-hybridized carbons (Fsp3) is 0.545. The van der Waals surface area contributed by atoms with Gasteiger partial charge in [0.05, 0.1) is 5.69 Å². The van der Waals surface area contributed by atoms with E-state index in [1.54, 1.807) is 6.20 Å². The SMILES string of the molecule is CC.CC.CNCc1ccccn1. The van der Waals surface area contributed by atoms with E-state index in [0.717, 1.165) is 12.2 Å². The van der Waals surface area contributed by atoms with Gasteiger partial charge in [-0.15, -0.1) is 0 Å². The molecule has 0 fully saturated rings. The number of nitrogens with one attached hydrogen (secondary N) is 1. The lowest BCUT2D eigenvalue weighted by molar-refractivity contribution is 0.791. The van der Waals surface area contributed by atoms with Gasteiger partial charge in [0.2, 0.25) is 0 Å². The largest absolute Gasteiger partial charge is 0.314 e. The van der Waals surface area contributed by atoms with Crippen molar-refractivity contribution in [1.82, 2.24) is 10.3 Å². The van der Waals surface area contributed by atoms with E-state index >= 15 is 0 Å². The predicted molar refractivity (Wildman–Crippen MR) is 59.7 cm³/mol. The normalized spacial score (nSPS) is 7.46. The molecule has 13 heavy (non-hydrogen) atoms. The summed E-state index contributed by atoms with van der Waals surface area (Å²) < 4.78 is 0. The first-order chi connectivity index (χ1) is 6.43. The first kappa shape index (κ1) is 14.6. The Hall–Kier alpha value is -0.890. The van der Waals surface area contributed by atoms with E-state index in [2.05, 4.69) is 10.3 Å². The molecule has 0 unspecified atom stereocenters. The molecule has 0 aromatic carbocycles. The van der Waals surface area contributed by atoms with Crippen molar-refractivity contribution in [1.29, 1.82) is 0 Å². The van der Waals surface area contributed by atoms with Crippen LogP contribution in [-0.2, 0) is 6.54 Å². The van der Waals surface area contributed by atoms with Crippen molar-refractivity contribution >= 4 is 0 Å². The molecule has 1 aromatic heterocycles. The summed E-state index contributed by atoms with van der Waals surface area (Å²) in [5.74, 6) is 0. The summed E-state index contributed by atoms with van der Waals surface area (Å²) in [7, 11) is 1.91. The fourth-order valence-corrected chi connectivity index (χ4v) is 0.684. The molecule has 0 aliphatic heterocycles. The van der Waals surface area contributed by atoms with E-state index in [4.69, 9.17) is 0 Å². The van der Waals surface area contributed by atoms with Crippen LogP contribution in [0.15, 0.2) is 24.4 Å². The minimum atomic E-state index is 0.848. The van der Waals surface area contributed by atoms with Crippen LogP contribution >= 0.6 is 0 Å². The Morgan fingerprint density at radius 1 is 1.15 bits per heavy atom. The van der Waals surface area contributed by atoms with E-state index in [1.165, 1.54) is 0 Å². The van der Waals surface area contributed by atoms with E-state index in [-0.39, 0.29) is 0 Å². The highest BCUT2D eigenvalue weighted by atomic mass is 14.8. The topological polar surface area (TPSA) is 24.9 Å². The van der Waals surface area contributed by atoms with Gasteiger partial charge in [0.25, 0.3) is 0 Å². The molecule has 0 spiro atoms. The lowest BCUT2D eigenvalue weighted by atomic mass is 10.3. The number of pyridine rings is 1. The van der Waals surface area contributed by atoms with Crippen LogP contribution in [0.25, 0.3) is 0 Å². The molecule has 0 aliphatic rings. The maximum absolute atomic E-state index is 4.11. The molecule has 1 heterocycles. The van der Waals surface area contributed by atoms with Crippen molar-refractivity contribution in [3.63, 3.8) is 0 Å². The first-order valence-electron chi connectivity index (χ1n) is 4.98. The van der Waals surface area contributed by atoms with Crippen molar-refractivity contribution in [2.75, 3.05) is 7.05 Å². The number of nitrogens with zero attached hydrogens (tertiary/aromatic N) is 1. The Morgan fingerprint density at radius 2 is 1.77 bits per heavy atom. The van der Waals surface area contributed by atoms with Crippen molar-refractivity contribution in [2.45, 2.75) is 34.2 Å². The molecule has 0 saturated heterocycles. The molecule has 1 N–H and O–H groups in total. The molecule has 0 bridgehead atoms. The van der Waals surface area contributed by atoms with Crippen LogP contribution in [0, 0.1) is 0 Å². The van der Waals surface area contributed by atoms with Gasteiger partial charge >= 0.3 is 0 Å². The molecule has 0 aliphatic carbocycles. The van der Waals surface area contributed by atoms with Gasteiger partial charge in [-0.1, -0.05) is 33.8 Å². The summed E-state index contributed by atoms with van der Waals surface area (Å²) in [4.78, 5) is 4.11. The van der Waals surface area contributed by atoms with Crippen LogP contribution in [0.4, 0.5) is 0 Å². The summed E-state index contributed by atoms with van der Waals surface area (Å²) in [6, 6.07) is 5.90. The van der Waals surface area contributed by atoms with Gasteiger partial charge < -0.3 is 5.32 Å². The molecule has 0 atom stereocenters. The van der Waals surface area contributed by atoms with Crippen LogP contribution in [0.2, 0.25) is 0 Å². The van der Waals surface area contributed by atoms with Crippen molar-refractivity contribution < 1.29 is 0 Å². The number of rotatable bonds is 2. The molecule has 2 heteroatoms. The van der Waals surface area contributed by atoms with Crippen molar-refractivity contribution in [3.05, 3.63) is 30.1 Å². The molecule has 0 amide bonds. The van der Waals surface area contributed by atoms with Crippen LogP contribution in [0.1, 0.15) is 33.4 Å². The highest BCUT2D eigenvalue weighted by Gasteiger charge is 1.85. The van der Waals surface area contributed by atoms with Crippen molar-refractivity contribution in [3.8, 4) is 0 Å². The van der Waals surface area contributed by atoms with E-state index in [1.807, 2.05) is 52.9 Å². The van der Waals surface area contributed by atoms with Crippen LogP contribution in [-0.4, -0.2) is 12.0 Å². The maximum atomic E-state index is 4.11. The second-order valence-corrected chi connectivity index (χ2v) is 1.85. The first-order valence-corrected chi connectivity index (χ1v) is 4.98. The zero-order chi connectivity index (χ0) is 10.5. The monoisotopic (exact) mass is 182 g/mol. The fourth-order valence-electron chi connectivity index (χ4n) is 0.684. The van der Waals surface area contributed by atoms with Gasteiger partial charge in [-0.05, 0) is 19.2 Å². The van der Waals surface area contributed by atoms with Crippen molar-refractivity contribution in [2.24, 2.45) is 0 Å². The van der Waals surface area contributed by atoms with Crippen LogP contribution in [0.5, 0.6) is 0 Å². The average molecular weight is 182 g/mol. The molecule has 2 nitrogen and oxygen atoms in total. The number of hydrogen-bond acceptors (Lipinski definition) is 2. The molecular weight excluding hydrogens is 160 g/mol. The van der Waals surface area contributed by atoms with E-state index < -0.39 is 0 Å². The molecule has 1 aromatic rings. The Kier molecular flexibility index (Phi) is 15.4. The molecule has 76 valence electrons. The summed E-state index contributed by atoms with van der Waals surface area (Å²) in [5, 5.41) is 3.02. The summed E-state index contributed by atoms with van der Waals surface area (Å²) in [5.41, 5.74) is 1.08. The molecular formula is C11H22N2. The highest BCUT2D eigenvalue weighted by Crippen LogP contribution is 1.89. The van der Waals surface area contributed by atoms with E-state index in [9.17, 15) is 0 Å². The minimum Gasteiger partial charge on any atom is -0.314 e. The maximum Gasteiger partial charge on any atom is 0.0541 e. The zero-order valence-electron chi connectivity index (χ0n) is 9.46. The summed E-state index contributed by atoms with van der Waals surface area (Å²) in [6.45, 7) is 8.85. The third-order valence-electron chi connectivity index (χ3n) is 1.08. The smallest absolute Gasteiger partial charge is 0.0541 e. The Balaban J connectivity index is 0. The van der Waals surface area contributed by atoms with Crippen LogP contribution in [0.3, 0.4) is 0 Å². The van der Waals surface area contributed by atoms with Gasteiger partial charge in [0.1, 0.15) is 0 Å². The second-order valence-electron chi connectivity index (χ2n) is 1.85. The Labute approximate surface area is 82.4 Å². The zero-order valence-corrected chi connectivity index (χ0v) is 9.46. The van der Waals surface area contributed by atoms with Gasteiger partial charge in [-0.25, -0.2) is 0 Å². The Morgan fingerprint density at radius 3 is 2.15 bits per heavy atom. The van der Waals surface area contributed by atoms with E-state index in [0.29, 0.717) is 0 Å². The quantitative estimate of drug-likeness (QED) is 0.760. The van der Waals surface area contributed by atoms with Gasteiger partial charge in [-0.2, -0.15) is 0 Å². The minimum absolute atomic E-state index is 0.848. The third-order valence-corrected chi connectivity index (χ3v) is 1.08. The lowest BCUT2D eigenvalue weighted by Gasteiger charge is -1.94. The molecule has 0 saturated carbocycles. The highest BCUT2D eigenvalue weighted by molar-refractivity contribution is 5.02. The van der Waals surface area contributed by atoms with Gasteiger partial charge in [-0.3, -0.25) is 4.98 Å². The van der Waals surface area contributed by atoms with Gasteiger partial charge in [0, 0.05) is 12.7 Å². The molecule has 0 radical (unpaired) electrons. The molecule has 1 rings (SSSR count). The lowest BCUT2D eigenvalue weighted by Crippen LogP contribution is -2.05. The third kappa shape index (κ3) is 9.02. The summed E-state index contributed by atoms with van der Waals surface area (Å²) >= 11 is 0. The predicted octanol–water partition coefficient (Wildman–Crippen LogP) is 2.85.